The highest BCUT2D eigenvalue weighted by Gasteiger charge is 2.33. The van der Waals surface area contributed by atoms with Crippen molar-refractivity contribution in [2.75, 3.05) is 19.2 Å². The Balaban J connectivity index is 1.78. The van der Waals surface area contributed by atoms with Gasteiger partial charge >= 0.3 is 0 Å². The number of thiazole rings is 1. The lowest BCUT2D eigenvalue weighted by molar-refractivity contribution is 0.102. The first-order valence-corrected chi connectivity index (χ1v) is 10.8. The van der Waals surface area contributed by atoms with Gasteiger partial charge in [-0.1, -0.05) is 23.5 Å². The molecule has 0 aliphatic carbocycles. The van der Waals surface area contributed by atoms with Crippen LogP contribution in [0.4, 0.5) is 5.13 Å². The summed E-state index contributed by atoms with van der Waals surface area (Å²) in [5.74, 6) is 1.38. The summed E-state index contributed by atoms with van der Waals surface area (Å²) >= 11 is 3.05. The molecule has 150 valence electrons. The fourth-order valence-electron chi connectivity index (χ4n) is 3.40. The number of carbonyl (C=O) groups excluding carboxylic acids is 1. The second-order valence-corrected chi connectivity index (χ2v) is 8.60. The van der Waals surface area contributed by atoms with Gasteiger partial charge in [0.25, 0.3) is 0 Å². The molecule has 29 heavy (non-hydrogen) atoms. The van der Waals surface area contributed by atoms with Gasteiger partial charge in [0.05, 0.1) is 41.4 Å². The van der Waals surface area contributed by atoms with Crippen molar-refractivity contribution in [3.05, 3.63) is 56.7 Å². The minimum atomic E-state index is -0.0442. The number of methoxy groups -OCH3 is 2. The Hall–Kier alpha value is -2.71. The molecular weight excluding hydrogens is 406 g/mol. The molecule has 3 aromatic rings. The van der Waals surface area contributed by atoms with Crippen LogP contribution < -0.4 is 14.5 Å². The standard InChI is InChI=1S/C21H21N3O3S2/c1-12-20(13(2)25)29-21(22-12)24-16(11-15(23-24)19-6-5-9-28-19)14-7-8-17(26-3)18(10-14)27-4/h5-10,16H,11H2,1-4H3/t16-/m1/s1. The van der Waals surface area contributed by atoms with Gasteiger partial charge in [-0.3, -0.25) is 4.79 Å². The maximum Gasteiger partial charge on any atom is 0.207 e. The number of rotatable bonds is 6. The molecule has 0 saturated carbocycles. The lowest BCUT2D eigenvalue weighted by Gasteiger charge is -2.22. The van der Waals surface area contributed by atoms with E-state index >= 15 is 0 Å². The number of hydrogen-bond acceptors (Lipinski definition) is 8. The van der Waals surface area contributed by atoms with Gasteiger partial charge in [-0.05, 0) is 36.1 Å². The van der Waals surface area contributed by atoms with Gasteiger partial charge in [0.2, 0.25) is 5.13 Å². The molecule has 0 amide bonds. The van der Waals surface area contributed by atoms with E-state index in [2.05, 4.69) is 11.1 Å². The number of hydrazone groups is 1. The number of anilines is 1. The number of aryl methyl sites for hydroxylation is 1. The molecule has 0 unspecified atom stereocenters. The van der Waals surface area contributed by atoms with Crippen molar-refractivity contribution in [1.29, 1.82) is 0 Å². The molecule has 1 atom stereocenters. The van der Waals surface area contributed by atoms with Crippen LogP contribution in [0.1, 0.15) is 45.2 Å². The van der Waals surface area contributed by atoms with Gasteiger partial charge in [-0.25, -0.2) is 9.99 Å². The number of Topliss-reactive ketones (excluding diaryl/α,β-unsaturated/α-hetero) is 1. The van der Waals surface area contributed by atoms with Crippen molar-refractivity contribution in [3.63, 3.8) is 0 Å². The fourth-order valence-corrected chi connectivity index (χ4v) is 5.09. The van der Waals surface area contributed by atoms with E-state index in [1.165, 1.54) is 11.3 Å². The lowest BCUT2D eigenvalue weighted by Crippen LogP contribution is -2.18. The fraction of sp³-hybridized carbons (Fsp3) is 0.286. The van der Waals surface area contributed by atoms with Crippen LogP contribution in [0.15, 0.2) is 40.8 Å². The first-order chi connectivity index (χ1) is 14.0. The average molecular weight is 428 g/mol. The molecule has 3 heterocycles. The summed E-state index contributed by atoms with van der Waals surface area (Å²) in [6.07, 6.45) is 0.740. The number of nitrogens with zero attached hydrogens (tertiary/aromatic N) is 3. The van der Waals surface area contributed by atoms with E-state index in [1.54, 1.807) is 32.5 Å². The van der Waals surface area contributed by atoms with E-state index in [1.807, 2.05) is 41.6 Å². The third-order valence-corrected chi connectivity index (χ3v) is 6.98. The Morgan fingerprint density at radius 2 is 2.00 bits per heavy atom. The average Bonchev–Trinajstić information content (AvgIpc) is 3.45. The summed E-state index contributed by atoms with van der Waals surface area (Å²) in [4.78, 5) is 18.4. The van der Waals surface area contributed by atoms with E-state index in [9.17, 15) is 4.79 Å². The van der Waals surface area contributed by atoms with Crippen LogP contribution in [0.25, 0.3) is 0 Å². The summed E-state index contributed by atoms with van der Waals surface area (Å²) in [7, 11) is 3.25. The zero-order valence-corrected chi connectivity index (χ0v) is 18.3. The third-order valence-electron chi connectivity index (χ3n) is 4.81. The second-order valence-electron chi connectivity index (χ2n) is 6.67. The number of aromatic nitrogens is 1. The predicted octanol–water partition coefficient (Wildman–Crippen LogP) is 5.09. The SMILES string of the molecule is COc1ccc([C@H]2CC(c3cccs3)=NN2c2nc(C)c(C(C)=O)s2)cc1OC. The van der Waals surface area contributed by atoms with E-state index in [0.29, 0.717) is 16.4 Å². The number of hydrogen-bond donors (Lipinski definition) is 0. The third kappa shape index (κ3) is 3.65. The number of ether oxygens (including phenoxy) is 2. The summed E-state index contributed by atoms with van der Waals surface area (Å²) in [5.41, 5.74) is 2.80. The first-order valence-electron chi connectivity index (χ1n) is 9.12. The van der Waals surface area contributed by atoms with Crippen molar-refractivity contribution in [1.82, 2.24) is 4.98 Å². The van der Waals surface area contributed by atoms with Crippen LogP contribution in [-0.2, 0) is 0 Å². The molecule has 0 saturated heterocycles. The van der Waals surface area contributed by atoms with Crippen molar-refractivity contribution in [3.8, 4) is 11.5 Å². The largest absolute Gasteiger partial charge is 0.493 e. The van der Waals surface area contributed by atoms with Crippen LogP contribution in [0.3, 0.4) is 0 Å². The van der Waals surface area contributed by atoms with Crippen LogP contribution in [0.2, 0.25) is 0 Å². The molecule has 1 aromatic carbocycles. The highest BCUT2D eigenvalue weighted by molar-refractivity contribution is 7.17. The molecule has 0 radical (unpaired) electrons. The maximum absolute atomic E-state index is 11.9. The maximum atomic E-state index is 11.9. The molecule has 0 fully saturated rings. The van der Waals surface area contributed by atoms with Crippen LogP contribution in [0.5, 0.6) is 11.5 Å². The van der Waals surface area contributed by atoms with Crippen molar-refractivity contribution < 1.29 is 14.3 Å². The quantitative estimate of drug-likeness (QED) is 0.513. The van der Waals surface area contributed by atoms with Gasteiger partial charge in [0, 0.05) is 13.3 Å². The van der Waals surface area contributed by atoms with Gasteiger partial charge in [0.15, 0.2) is 17.3 Å². The number of thiophene rings is 1. The highest BCUT2D eigenvalue weighted by atomic mass is 32.1. The van der Waals surface area contributed by atoms with Crippen LogP contribution >= 0.6 is 22.7 Å². The molecule has 8 heteroatoms. The minimum absolute atomic E-state index is 0.0237. The Labute approximate surface area is 177 Å². The highest BCUT2D eigenvalue weighted by Crippen LogP contribution is 2.42. The Kier molecular flexibility index (Phi) is 5.38. The molecule has 6 nitrogen and oxygen atoms in total. The Bertz CT molecular complexity index is 1070. The summed E-state index contributed by atoms with van der Waals surface area (Å²) in [6.45, 7) is 3.43. The smallest absolute Gasteiger partial charge is 0.207 e. The van der Waals surface area contributed by atoms with Crippen molar-refractivity contribution in [2.24, 2.45) is 5.10 Å². The van der Waals surface area contributed by atoms with E-state index in [4.69, 9.17) is 14.6 Å². The number of carbonyl (C=O) groups is 1. The lowest BCUT2D eigenvalue weighted by atomic mass is 10.0. The first kappa shape index (κ1) is 19.6. The second kappa shape index (κ2) is 7.96. The van der Waals surface area contributed by atoms with E-state index in [-0.39, 0.29) is 11.8 Å². The zero-order valence-electron chi connectivity index (χ0n) is 16.6. The molecule has 1 aliphatic rings. The van der Waals surface area contributed by atoms with Crippen molar-refractivity contribution >= 4 is 39.3 Å². The van der Waals surface area contributed by atoms with Gasteiger partial charge in [0.1, 0.15) is 0 Å². The molecule has 0 spiro atoms. The van der Waals surface area contributed by atoms with Crippen molar-refractivity contribution in [2.45, 2.75) is 26.3 Å². The van der Waals surface area contributed by atoms with Gasteiger partial charge < -0.3 is 9.47 Å². The molecule has 4 rings (SSSR count). The zero-order chi connectivity index (χ0) is 20.5. The number of ketones is 1. The Morgan fingerprint density at radius 3 is 2.62 bits per heavy atom. The van der Waals surface area contributed by atoms with Crippen LogP contribution in [-0.4, -0.2) is 30.7 Å². The normalized spacial score (nSPS) is 16.1. The molecule has 0 N–H and O–H groups in total. The minimum Gasteiger partial charge on any atom is -0.493 e. The molecule has 0 bridgehead atoms. The van der Waals surface area contributed by atoms with Crippen LogP contribution in [0, 0.1) is 6.92 Å². The van der Waals surface area contributed by atoms with Gasteiger partial charge in [-0.2, -0.15) is 5.10 Å². The van der Waals surface area contributed by atoms with Gasteiger partial charge in [-0.15, -0.1) is 11.3 Å². The summed E-state index contributed by atoms with van der Waals surface area (Å²) < 4.78 is 10.9. The molecule has 1 aliphatic heterocycles. The Morgan fingerprint density at radius 1 is 1.21 bits per heavy atom. The monoisotopic (exact) mass is 427 g/mol. The van der Waals surface area contributed by atoms with E-state index < -0.39 is 0 Å². The summed E-state index contributed by atoms with van der Waals surface area (Å²) in [5, 5.41) is 9.60. The number of benzene rings is 1. The summed E-state index contributed by atoms with van der Waals surface area (Å²) in [6, 6.07) is 9.97. The molecule has 2 aromatic heterocycles. The molecular formula is C21H21N3O3S2. The topological polar surface area (TPSA) is 64.0 Å². The predicted molar refractivity (Wildman–Crippen MR) is 117 cm³/mol. The van der Waals surface area contributed by atoms with E-state index in [0.717, 1.165) is 33.4 Å².